The molecule has 4 amide bonds. The fraction of sp³-hybridized carbons (Fsp3) is 0.250. The van der Waals surface area contributed by atoms with Gasteiger partial charge in [0.2, 0.25) is 5.91 Å². The second-order valence-corrected chi connectivity index (χ2v) is 5.91. The smallest absolute Gasteiger partial charge is 0.319 e. The first-order valence-corrected chi connectivity index (χ1v) is 8.82. The molecule has 7 heteroatoms. The number of carbonyl (C=O) groups is 3. The van der Waals surface area contributed by atoms with Crippen molar-refractivity contribution in [3.8, 4) is 0 Å². The van der Waals surface area contributed by atoms with E-state index in [2.05, 4.69) is 21.3 Å². The van der Waals surface area contributed by atoms with Gasteiger partial charge in [-0.2, -0.15) is 0 Å². The van der Waals surface area contributed by atoms with Crippen LogP contribution in [0.1, 0.15) is 29.3 Å². The van der Waals surface area contributed by atoms with Crippen LogP contribution in [-0.4, -0.2) is 30.9 Å². The van der Waals surface area contributed by atoms with Crippen LogP contribution < -0.4 is 21.3 Å². The van der Waals surface area contributed by atoms with Crippen molar-refractivity contribution < 1.29 is 14.4 Å². The first kappa shape index (κ1) is 20.0. The molecule has 0 bridgehead atoms. The predicted molar refractivity (Wildman–Crippen MR) is 104 cm³/mol. The lowest BCUT2D eigenvalue weighted by Gasteiger charge is -2.10. The summed E-state index contributed by atoms with van der Waals surface area (Å²) in [4.78, 5) is 35.7. The molecule has 0 aliphatic rings. The van der Waals surface area contributed by atoms with Gasteiger partial charge in [0, 0.05) is 24.3 Å². The minimum atomic E-state index is -0.380. The Morgan fingerprint density at radius 3 is 2.41 bits per heavy atom. The minimum absolute atomic E-state index is 0.0892. The number of hydrogen-bond donors (Lipinski definition) is 4. The molecular formula is C20H24N4O3. The van der Waals surface area contributed by atoms with Crippen molar-refractivity contribution in [1.29, 1.82) is 0 Å². The van der Waals surface area contributed by atoms with E-state index in [0.29, 0.717) is 24.3 Å². The maximum atomic E-state index is 12.2. The highest BCUT2D eigenvalue weighted by molar-refractivity contribution is 5.98. The van der Waals surface area contributed by atoms with Crippen LogP contribution in [0.2, 0.25) is 0 Å². The van der Waals surface area contributed by atoms with E-state index in [1.165, 1.54) is 0 Å². The van der Waals surface area contributed by atoms with Gasteiger partial charge in [0.1, 0.15) is 0 Å². The molecule has 0 aliphatic heterocycles. The molecule has 27 heavy (non-hydrogen) atoms. The molecule has 0 atom stereocenters. The summed E-state index contributed by atoms with van der Waals surface area (Å²) in [7, 11) is 0. The highest BCUT2D eigenvalue weighted by atomic mass is 16.2. The van der Waals surface area contributed by atoms with E-state index < -0.39 is 0 Å². The van der Waals surface area contributed by atoms with Crippen molar-refractivity contribution in [2.45, 2.75) is 19.9 Å². The van der Waals surface area contributed by atoms with E-state index >= 15 is 0 Å². The maximum absolute atomic E-state index is 12.2. The Morgan fingerprint density at radius 2 is 1.67 bits per heavy atom. The van der Waals surface area contributed by atoms with Crippen molar-refractivity contribution in [1.82, 2.24) is 16.0 Å². The van der Waals surface area contributed by atoms with Crippen LogP contribution in [0.3, 0.4) is 0 Å². The molecule has 0 spiro atoms. The number of urea groups is 1. The van der Waals surface area contributed by atoms with Crippen LogP contribution in [-0.2, 0) is 11.3 Å². The molecule has 2 rings (SSSR count). The number of anilines is 1. The van der Waals surface area contributed by atoms with Gasteiger partial charge in [-0.1, -0.05) is 43.3 Å². The van der Waals surface area contributed by atoms with E-state index in [1.807, 2.05) is 37.3 Å². The summed E-state index contributed by atoms with van der Waals surface area (Å²) in [5, 5.41) is 10.7. The Labute approximate surface area is 158 Å². The molecule has 0 radical (unpaired) electrons. The van der Waals surface area contributed by atoms with E-state index in [-0.39, 0.29) is 24.4 Å². The van der Waals surface area contributed by atoms with Gasteiger partial charge in [0.15, 0.2) is 0 Å². The van der Waals surface area contributed by atoms with Crippen LogP contribution >= 0.6 is 0 Å². The van der Waals surface area contributed by atoms with Crippen molar-refractivity contribution in [2.75, 3.05) is 18.4 Å². The fourth-order valence-electron chi connectivity index (χ4n) is 2.28. The molecular weight excluding hydrogens is 344 g/mol. The van der Waals surface area contributed by atoms with Crippen molar-refractivity contribution in [3.05, 3.63) is 65.7 Å². The SMILES string of the molecule is CCCNC(=O)CNC(=O)c1cccc(NC(=O)NCc2ccccc2)c1. The third-order valence-corrected chi connectivity index (χ3v) is 3.66. The Morgan fingerprint density at radius 1 is 0.889 bits per heavy atom. The number of nitrogens with one attached hydrogen (secondary N) is 4. The molecule has 0 heterocycles. The molecule has 0 aromatic heterocycles. The first-order chi connectivity index (χ1) is 13.1. The third kappa shape index (κ3) is 7.19. The number of hydrogen-bond acceptors (Lipinski definition) is 3. The van der Waals surface area contributed by atoms with E-state index in [1.54, 1.807) is 24.3 Å². The summed E-state index contributed by atoms with van der Waals surface area (Å²) in [6.07, 6.45) is 0.833. The third-order valence-electron chi connectivity index (χ3n) is 3.66. The molecule has 142 valence electrons. The summed E-state index contributed by atoms with van der Waals surface area (Å²) in [6.45, 7) is 2.84. The van der Waals surface area contributed by atoms with Crippen LogP contribution in [0.4, 0.5) is 10.5 Å². The molecule has 2 aromatic rings. The zero-order valence-corrected chi connectivity index (χ0v) is 15.2. The average Bonchev–Trinajstić information content (AvgIpc) is 2.70. The molecule has 0 saturated heterocycles. The van der Waals surface area contributed by atoms with Crippen LogP contribution in [0, 0.1) is 0 Å². The Kier molecular flexibility index (Phi) is 7.84. The Bertz CT molecular complexity index is 778. The van der Waals surface area contributed by atoms with Gasteiger partial charge in [-0.25, -0.2) is 4.79 Å². The molecule has 4 N–H and O–H groups in total. The monoisotopic (exact) mass is 368 g/mol. The van der Waals surface area contributed by atoms with Crippen molar-refractivity contribution in [3.63, 3.8) is 0 Å². The normalized spacial score (nSPS) is 9.96. The van der Waals surface area contributed by atoms with Gasteiger partial charge < -0.3 is 21.3 Å². The van der Waals surface area contributed by atoms with Gasteiger partial charge in [-0.3, -0.25) is 9.59 Å². The van der Waals surface area contributed by atoms with Gasteiger partial charge in [-0.05, 0) is 30.2 Å². The summed E-state index contributed by atoms with van der Waals surface area (Å²) in [6, 6.07) is 15.7. The van der Waals surface area contributed by atoms with Crippen LogP contribution in [0.15, 0.2) is 54.6 Å². The van der Waals surface area contributed by atoms with Crippen molar-refractivity contribution in [2.24, 2.45) is 0 Å². The summed E-state index contributed by atoms with van der Waals surface area (Å²) < 4.78 is 0. The van der Waals surface area contributed by atoms with Crippen LogP contribution in [0.5, 0.6) is 0 Å². The minimum Gasteiger partial charge on any atom is -0.355 e. The first-order valence-electron chi connectivity index (χ1n) is 8.82. The summed E-state index contributed by atoms with van der Waals surface area (Å²) >= 11 is 0. The topological polar surface area (TPSA) is 99.3 Å². The molecule has 0 fully saturated rings. The second kappa shape index (κ2) is 10.6. The van der Waals surface area contributed by atoms with E-state index in [4.69, 9.17) is 0 Å². The Balaban J connectivity index is 1.84. The lowest BCUT2D eigenvalue weighted by molar-refractivity contribution is -0.120. The molecule has 0 unspecified atom stereocenters. The summed E-state index contributed by atoms with van der Waals surface area (Å²) in [5.41, 5.74) is 1.84. The second-order valence-electron chi connectivity index (χ2n) is 5.91. The average molecular weight is 368 g/mol. The van der Waals surface area contributed by atoms with Gasteiger partial charge in [-0.15, -0.1) is 0 Å². The molecule has 0 saturated carbocycles. The van der Waals surface area contributed by atoms with E-state index in [9.17, 15) is 14.4 Å². The standard InChI is InChI=1S/C20H24N4O3/c1-2-11-21-18(25)14-22-19(26)16-9-6-10-17(12-16)24-20(27)23-13-15-7-4-3-5-8-15/h3-10,12H,2,11,13-14H2,1H3,(H,21,25)(H,22,26)(H2,23,24,27). The number of rotatable bonds is 8. The fourth-order valence-corrected chi connectivity index (χ4v) is 2.28. The van der Waals surface area contributed by atoms with Crippen LogP contribution in [0.25, 0.3) is 0 Å². The van der Waals surface area contributed by atoms with Gasteiger partial charge >= 0.3 is 6.03 Å². The zero-order valence-electron chi connectivity index (χ0n) is 15.2. The molecule has 0 aliphatic carbocycles. The number of amides is 4. The largest absolute Gasteiger partial charge is 0.355 e. The lowest BCUT2D eigenvalue weighted by atomic mass is 10.2. The van der Waals surface area contributed by atoms with Gasteiger partial charge in [0.05, 0.1) is 6.54 Å². The maximum Gasteiger partial charge on any atom is 0.319 e. The lowest BCUT2D eigenvalue weighted by Crippen LogP contribution is -2.37. The molecule has 7 nitrogen and oxygen atoms in total. The zero-order chi connectivity index (χ0) is 19.5. The van der Waals surface area contributed by atoms with Crippen molar-refractivity contribution >= 4 is 23.5 Å². The van der Waals surface area contributed by atoms with E-state index in [0.717, 1.165) is 12.0 Å². The predicted octanol–water partition coefficient (Wildman–Crippen LogP) is 2.26. The molecule has 2 aromatic carbocycles. The quantitative estimate of drug-likeness (QED) is 0.575. The summed E-state index contributed by atoms with van der Waals surface area (Å²) in [5.74, 6) is -0.616. The highest BCUT2D eigenvalue weighted by Gasteiger charge is 2.09. The number of carbonyl (C=O) groups excluding carboxylic acids is 3. The number of benzene rings is 2. The highest BCUT2D eigenvalue weighted by Crippen LogP contribution is 2.10. The Hall–Kier alpha value is -3.35. The van der Waals surface area contributed by atoms with Gasteiger partial charge in [0.25, 0.3) is 5.91 Å².